The predicted molar refractivity (Wildman–Crippen MR) is 102 cm³/mol. The average Bonchev–Trinajstić information content (AvgIpc) is 2.63. The van der Waals surface area contributed by atoms with E-state index in [0.717, 1.165) is 5.56 Å². The van der Waals surface area contributed by atoms with Crippen LogP contribution in [-0.2, 0) is 21.2 Å². The maximum atomic E-state index is 12.4. The van der Waals surface area contributed by atoms with Crippen molar-refractivity contribution < 1.29 is 17.9 Å². The van der Waals surface area contributed by atoms with Gasteiger partial charge in [-0.2, -0.15) is 0 Å². The molecule has 2 rings (SSSR count). The highest BCUT2D eigenvalue weighted by Gasteiger charge is 2.14. The van der Waals surface area contributed by atoms with E-state index in [0.29, 0.717) is 31.0 Å². The molecule has 0 spiro atoms. The Morgan fingerprint density at radius 2 is 1.77 bits per heavy atom. The second-order valence-electron chi connectivity index (χ2n) is 5.38. The number of anilines is 1. The maximum Gasteiger partial charge on any atom is 0.281 e. The molecule has 0 atom stereocenters. The van der Waals surface area contributed by atoms with Crippen molar-refractivity contribution >= 4 is 21.7 Å². The summed E-state index contributed by atoms with van der Waals surface area (Å²) in [6.07, 6.45) is 0.680. The largest absolute Gasteiger partial charge is 0.497 e. The van der Waals surface area contributed by atoms with Crippen molar-refractivity contribution in [2.45, 2.75) is 18.2 Å². The van der Waals surface area contributed by atoms with Gasteiger partial charge in [0.15, 0.2) is 0 Å². The van der Waals surface area contributed by atoms with Crippen LogP contribution in [0.4, 0.5) is 5.69 Å². The molecule has 0 bridgehead atoms. The van der Waals surface area contributed by atoms with Crippen LogP contribution in [0.15, 0.2) is 58.4 Å². The molecule has 8 heteroatoms. The van der Waals surface area contributed by atoms with Crippen molar-refractivity contribution in [3.63, 3.8) is 0 Å². The van der Waals surface area contributed by atoms with Gasteiger partial charge in [-0.3, -0.25) is 4.72 Å². The van der Waals surface area contributed by atoms with Crippen molar-refractivity contribution in [3.8, 4) is 5.75 Å². The summed E-state index contributed by atoms with van der Waals surface area (Å²) in [6.45, 7) is 2.83. The van der Waals surface area contributed by atoms with Gasteiger partial charge in [0.2, 0.25) is 0 Å². The zero-order valence-electron chi connectivity index (χ0n) is 14.8. The summed E-state index contributed by atoms with van der Waals surface area (Å²) in [5.41, 5.74) is 7.07. The van der Waals surface area contributed by atoms with Crippen LogP contribution in [0.3, 0.4) is 0 Å². The summed E-state index contributed by atoms with van der Waals surface area (Å²) < 4.78 is 37.4. The number of amidine groups is 1. The Kier molecular flexibility index (Phi) is 6.85. The molecular formula is C18H23N3O4S. The second kappa shape index (κ2) is 9.10. The quantitative estimate of drug-likeness (QED) is 0.543. The van der Waals surface area contributed by atoms with Gasteiger partial charge in [0.25, 0.3) is 16.0 Å². The number of methoxy groups -OCH3 is 1. The number of rotatable bonds is 8. The lowest BCUT2D eigenvalue weighted by Crippen LogP contribution is -2.16. The van der Waals surface area contributed by atoms with Crippen LogP contribution in [0.2, 0.25) is 0 Å². The third-order valence-corrected chi connectivity index (χ3v) is 4.93. The molecule has 0 saturated heterocycles. The van der Waals surface area contributed by atoms with Gasteiger partial charge in [-0.25, -0.2) is 13.4 Å². The second-order valence-corrected chi connectivity index (χ2v) is 7.06. The van der Waals surface area contributed by atoms with Gasteiger partial charge in [0.05, 0.1) is 18.6 Å². The first-order chi connectivity index (χ1) is 12.4. The summed E-state index contributed by atoms with van der Waals surface area (Å²) in [4.78, 5) is 4.26. The van der Waals surface area contributed by atoms with E-state index in [2.05, 4.69) is 9.71 Å². The summed E-state index contributed by atoms with van der Waals surface area (Å²) >= 11 is 0. The highest BCUT2D eigenvalue weighted by molar-refractivity contribution is 7.92. The molecule has 26 heavy (non-hydrogen) atoms. The van der Waals surface area contributed by atoms with E-state index in [4.69, 9.17) is 15.2 Å². The summed E-state index contributed by atoms with van der Waals surface area (Å²) in [5.74, 6) is 0.598. The molecule has 0 aliphatic heterocycles. The fourth-order valence-electron chi connectivity index (χ4n) is 2.20. The molecule has 2 aromatic rings. The van der Waals surface area contributed by atoms with E-state index >= 15 is 0 Å². The number of hydrogen-bond donors (Lipinski definition) is 2. The predicted octanol–water partition coefficient (Wildman–Crippen LogP) is 2.39. The monoisotopic (exact) mass is 377 g/mol. The first kappa shape index (κ1) is 19.6. The summed E-state index contributed by atoms with van der Waals surface area (Å²) in [6, 6.07) is 13.5. The van der Waals surface area contributed by atoms with E-state index in [-0.39, 0.29) is 10.9 Å². The molecule has 0 radical (unpaired) electrons. The first-order valence-electron chi connectivity index (χ1n) is 8.13. The third kappa shape index (κ3) is 5.66. The lowest BCUT2D eigenvalue weighted by atomic mass is 10.1. The van der Waals surface area contributed by atoms with Gasteiger partial charge in [-0.1, -0.05) is 12.1 Å². The molecule has 0 aliphatic carbocycles. The number of sulfonamides is 1. The van der Waals surface area contributed by atoms with Crippen molar-refractivity contribution in [1.82, 2.24) is 0 Å². The molecule has 2 aromatic carbocycles. The lowest BCUT2D eigenvalue weighted by molar-refractivity contribution is 0.320. The zero-order chi connectivity index (χ0) is 19.0. The molecule has 0 amide bonds. The van der Waals surface area contributed by atoms with Gasteiger partial charge in [-0.15, -0.1) is 0 Å². The number of nitrogens with one attached hydrogen (secondary N) is 1. The fraction of sp³-hybridized carbons (Fsp3) is 0.278. The van der Waals surface area contributed by atoms with Crippen molar-refractivity contribution in [2.24, 2.45) is 10.7 Å². The van der Waals surface area contributed by atoms with Crippen molar-refractivity contribution in [3.05, 3.63) is 54.1 Å². The number of nitrogens with zero attached hydrogens (tertiary/aromatic N) is 1. The minimum absolute atomic E-state index is 0.170. The molecule has 0 fully saturated rings. The Morgan fingerprint density at radius 3 is 2.35 bits per heavy atom. The van der Waals surface area contributed by atoms with Gasteiger partial charge >= 0.3 is 0 Å². The highest BCUT2D eigenvalue weighted by atomic mass is 32.2. The van der Waals surface area contributed by atoms with E-state index in [1.54, 1.807) is 24.3 Å². The molecule has 0 saturated carbocycles. The summed E-state index contributed by atoms with van der Waals surface area (Å²) in [5, 5.41) is 0. The number of hydrogen-bond acceptors (Lipinski definition) is 5. The van der Waals surface area contributed by atoms with Crippen LogP contribution >= 0.6 is 0 Å². The number of benzene rings is 2. The summed E-state index contributed by atoms with van der Waals surface area (Å²) in [7, 11) is -2.12. The first-order valence-corrected chi connectivity index (χ1v) is 9.61. The van der Waals surface area contributed by atoms with E-state index < -0.39 is 10.0 Å². The number of aliphatic imine (C=N–C) groups is 1. The van der Waals surface area contributed by atoms with Crippen molar-refractivity contribution in [2.75, 3.05) is 25.0 Å². The van der Waals surface area contributed by atoms with Crippen molar-refractivity contribution in [1.29, 1.82) is 0 Å². The van der Waals surface area contributed by atoms with Crippen LogP contribution in [0, 0.1) is 0 Å². The molecule has 0 unspecified atom stereocenters. The Morgan fingerprint density at radius 1 is 1.12 bits per heavy atom. The molecular weight excluding hydrogens is 354 g/mol. The SMILES string of the molecule is CCO/C(N)=N\CCc1ccc(NS(=O)(=O)c2ccc(OC)cc2)cc1. The Hall–Kier alpha value is -2.74. The van der Waals surface area contributed by atoms with Crippen LogP contribution in [0.5, 0.6) is 5.75 Å². The standard InChI is InChI=1S/C18H23N3O4S/c1-3-25-18(19)20-13-12-14-4-6-15(7-5-14)21-26(22,23)17-10-8-16(24-2)9-11-17/h4-11,21H,3,12-13H2,1-2H3,(H2,19,20). The van der Waals surface area contributed by atoms with Crippen LogP contribution in [0.1, 0.15) is 12.5 Å². The molecule has 3 N–H and O–H groups in total. The van der Waals surface area contributed by atoms with Crippen LogP contribution in [0.25, 0.3) is 0 Å². The Bertz CT molecular complexity index is 832. The van der Waals surface area contributed by atoms with Crippen LogP contribution in [-0.4, -0.2) is 34.7 Å². The van der Waals surface area contributed by atoms with E-state index in [9.17, 15) is 8.42 Å². The van der Waals surface area contributed by atoms with Gasteiger partial charge in [0.1, 0.15) is 5.75 Å². The Labute approximate surface area is 153 Å². The van der Waals surface area contributed by atoms with E-state index in [1.807, 2.05) is 19.1 Å². The van der Waals surface area contributed by atoms with E-state index in [1.165, 1.54) is 19.2 Å². The molecule has 140 valence electrons. The highest BCUT2D eigenvalue weighted by Crippen LogP contribution is 2.19. The minimum atomic E-state index is -3.65. The van der Waals surface area contributed by atoms with Gasteiger partial charge in [-0.05, 0) is 55.3 Å². The molecule has 0 aliphatic rings. The Balaban J connectivity index is 1.98. The normalized spacial score (nSPS) is 11.8. The average molecular weight is 377 g/mol. The molecule has 7 nitrogen and oxygen atoms in total. The van der Waals surface area contributed by atoms with Gasteiger partial charge < -0.3 is 15.2 Å². The maximum absolute atomic E-state index is 12.4. The fourth-order valence-corrected chi connectivity index (χ4v) is 3.26. The minimum Gasteiger partial charge on any atom is -0.497 e. The lowest BCUT2D eigenvalue weighted by Gasteiger charge is -2.09. The van der Waals surface area contributed by atoms with Gasteiger partial charge in [0, 0.05) is 12.2 Å². The zero-order valence-corrected chi connectivity index (χ0v) is 15.6. The number of nitrogens with two attached hydrogens (primary N) is 1. The number of ether oxygens (including phenoxy) is 2. The third-order valence-electron chi connectivity index (χ3n) is 3.54. The molecule has 0 heterocycles. The molecule has 0 aromatic heterocycles. The topological polar surface area (TPSA) is 103 Å². The van der Waals surface area contributed by atoms with Crippen LogP contribution < -0.4 is 15.2 Å². The smallest absolute Gasteiger partial charge is 0.281 e.